The number of aryl methyl sites for hydroxylation is 2. The van der Waals surface area contributed by atoms with E-state index >= 15 is 0 Å². The van der Waals surface area contributed by atoms with Gasteiger partial charge in [-0.2, -0.15) is 23.0 Å². The lowest BCUT2D eigenvalue weighted by atomic mass is 9.99. The standard InChI is InChI=1S/C26H26F3N5O3/c1-14-7-15(2)9-17(8-14)22-19-5-6-33(25(30)37)23(19)24(36)34(31-22)21-10-18(32-11-16(12-32)13-35)3-4-20(21)26(27,28)29/h3-4,7-10,16,35H,5-6,11-13H2,1-2H3,(H2,30,37). The Balaban J connectivity index is 1.78. The molecule has 0 saturated carbocycles. The van der Waals surface area contributed by atoms with Crippen LogP contribution in [0, 0.1) is 19.8 Å². The molecule has 0 aliphatic carbocycles. The largest absolute Gasteiger partial charge is 0.418 e. The van der Waals surface area contributed by atoms with E-state index in [9.17, 15) is 27.9 Å². The van der Waals surface area contributed by atoms with E-state index in [1.54, 1.807) is 0 Å². The highest BCUT2D eigenvalue weighted by molar-refractivity contribution is 5.94. The van der Waals surface area contributed by atoms with Crippen molar-refractivity contribution in [3.63, 3.8) is 0 Å². The van der Waals surface area contributed by atoms with Crippen LogP contribution < -0.4 is 21.1 Å². The monoisotopic (exact) mass is 513 g/mol. The SMILES string of the molecule is Cc1cc(C)cc(-c2nn(-c3cc(N4CC(CO)C4)ccc3C(F)(F)F)c(=O)c3c2CCN3C(N)=O)c1. The number of halogens is 3. The van der Waals surface area contributed by atoms with Gasteiger partial charge in [0.05, 0.1) is 16.9 Å². The Hall–Kier alpha value is -3.86. The van der Waals surface area contributed by atoms with Crippen molar-refractivity contribution in [1.29, 1.82) is 0 Å². The molecule has 11 heteroatoms. The van der Waals surface area contributed by atoms with Crippen molar-refractivity contribution < 1.29 is 23.1 Å². The van der Waals surface area contributed by atoms with Crippen LogP contribution in [0.5, 0.6) is 0 Å². The molecule has 0 bridgehead atoms. The van der Waals surface area contributed by atoms with Crippen LogP contribution in [0.4, 0.5) is 29.3 Å². The van der Waals surface area contributed by atoms with E-state index in [2.05, 4.69) is 5.10 Å². The van der Waals surface area contributed by atoms with Gasteiger partial charge in [0, 0.05) is 49.0 Å². The summed E-state index contributed by atoms with van der Waals surface area (Å²) in [5.41, 5.74) is 6.91. The zero-order chi connectivity index (χ0) is 26.6. The summed E-state index contributed by atoms with van der Waals surface area (Å²) in [4.78, 5) is 28.8. The molecule has 3 aromatic rings. The maximum absolute atomic E-state index is 14.1. The lowest BCUT2D eigenvalue weighted by Gasteiger charge is -2.40. The fraction of sp³-hybridized carbons (Fsp3) is 0.346. The van der Waals surface area contributed by atoms with Crippen molar-refractivity contribution in [2.45, 2.75) is 26.4 Å². The quantitative estimate of drug-likeness (QED) is 0.557. The highest BCUT2D eigenvalue weighted by Gasteiger charge is 2.38. The zero-order valence-corrected chi connectivity index (χ0v) is 20.3. The number of anilines is 2. The molecule has 1 fully saturated rings. The summed E-state index contributed by atoms with van der Waals surface area (Å²) in [6.07, 6.45) is -4.47. The van der Waals surface area contributed by atoms with Crippen LogP contribution in [0.3, 0.4) is 0 Å². The molecule has 3 heterocycles. The first-order valence-electron chi connectivity index (χ1n) is 11.9. The topological polar surface area (TPSA) is 105 Å². The Bertz CT molecular complexity index is 1440. The van der Waals surface area contributed by atoms with Gasteiger partial charge in [-0.1, -0.05) is 17.2 Å². The normalized spacial score (nSPS) is 15.6. The van der Waals surface area contributed by atoms with E-state index in [0.717, 1.165) is 26.8 Å². The highest BCUT2D eigenvalue weighted by Crippen LogP contribution is 2.38. The molecule has 2 amide bonds. The van der Waals surface area contributed by atoms with E-state index in [4.69, 9.17) is 5.73 Å². The second-order valence-corrected chi connectivity index (χ2v) is 9.66. The van der Waals surface area contributed by atoms with Gasteiger partial charge < -0.3 is 15.7 Å². The fourth-order valence-corrected chi connectivity index (χ4v) is 5.15. The minimum atomic E-state index is -4.76. The number of aromatic nitrogens is 2. The molecule has 0 atom stereocenters. The first-order valence-corrected chi connectivity index (χ1v) is 11.9. The summed E-state index contributed by atoms with van der Waals surface area (Å²) in [6, 6.07) is 8.33. The first kappa shape index (κ1) is 24.8. The van der Waals surface area contributed by atoms with Crippen LogP contribution in [0.15, 0.2) is 41.2 Å². The molecule has 1 saturated heterocycles. The maximum Gasteiger partial charge on any atom is 0.418 e. The van der Waals surface area contributed by atoms with Gasteiger partial charge in [-0.05, 0) is 50.6 Å². The Morgan fingerprint density at radius 2 is 1.81 bits per heavy atom. The molecule has 2 aromatic carbocycles. The van der Waals surface area contributed by atoms with E-state index in [0.29, 0.717) is 42.0 Å². The second-order valence-electron chi connectivity index (χ2n) is 9.66. The summed E-state index contributed by atoms with van der Waals surface area (Å²) in [5.74, 6) is 0.0341. The summed E-state index contributed by atoms with van der Waals surface area (Å²) in [6.45, 7) is 4.86. The minimum Gasteiger partial charge on any atom is -0.396 e. The third kappa shape index (κ3) is 4.33. The van der Waals surface area contributed by atoms with Gasteiger partial charge >= 0.3 is 12.2 Å². The average Bonchev–Trinajstić information content (AvgIpc) is 3.23. The van der Waals surface area contributed by atoms with Crippen molar-refractivity contribution in [3.8, 4) is 16.9 Å². The Labute approximate surface area is 210 Å². The van der Waals surface area contributed by atoms with Crippen molar-refractivity contribution in [1.82, 2.24) is 9.78 Å². The van der Waals surface area contributed by atoms with Crippen LogP contribution >= 0.6 is 0 Å². The van der Waals surface area contributed by atoms with Crippen molar-refractivity contribution >= 4 is 17.4 Å². The van der Waals surface area contributed by atoms with E-state index in [1.807, 2.05) is 36.9 Å². The van der Waals surface area contributed by atoms with Crippen molar-refractivity contribution in [2.75, 3.05) is 36.0 Å². The van der Waals surface area contributed by atoms with Gasteiger partial charge in [-0.25, -0.2) is 4.79 Å². The number of benzene rings is 2. The lowest BCUT2D eigenvalue weighted by Crippen LogP contribution is -2.48. The van der Waals surface area contributed by atoms with Gasteiger partial charge in [0.1, 0.15) is 5.69 Å². The number of hydrogen-bond donors (Lipinski definition) is 2. The molecule has 5 rings (SSSR count). The molecule has 8 nitrogen and oxygen atoms in total. The third-order valence-electron chi connectivity index (χ3n) is 6.88. The number of rotatable bonds is 4. The highest BCUT2D eigenvalue weighted by atomic mass is 19.4. The number of nitrogens with two attached hydrogens (primary N) is 1. The summed E-state index contributed by atoms with van der Waals surface area (Å²) < 4.78 is 43.2. The van der Waals surface area contributed by atoms with Crippen molar-refractivity contribution in [2.24, 2.45) is 11.7 Å². The van der Waals surface area contributed by atoms with Crippen LogP contribution in [-0.2, 0) is 12.6 Å². The lowest BCUT2D eigenvalue weighted by molar-refractivity contribution is -0.137. The Morgan fingerprint density at radius 1 is 1.14 bits per heavy atom. The van der Waals surface area contributed by atoms with E-state index < -0.39 is 29.0 Å². The predicted molar refractivity (Wildman–Crippen MR) is 133 cm³/mol. The van der Waals surface area contributed by atoms with Gasteiger partial charge in [0.25, 0.3) is 5.56 Å². The van der Waals surface area contributed by atoms with Crippen molar-refractivity contribution in [3.05, 3.63) is 69.0 Å². The van der Waals surface area contributed by atoms with Crippen LogP contribution in [0.2, 0.25) is 0 Å². The number of nitrogens with zero attached hydrogens (tertiary/aromatic N) is 4. The molecule has 0 radical (unpaired) electrons. The number of carbonyl (C=O) groups excluding carboxylic acids is 1. The summed E-state index contributed by atoms with van der Waals surface area (Å²) >= 11 is 0. The number of aliphatic hydroxyl groups is 1. The molecule has 0 spiro atoms. The van der Waals surface area contributed by atoms with Crippen LogP contribution in [0.25, 0.3) is 16.9 Å². The predicted octanol–water partition coefficient (Wildman–Crippen LogP) is 3.40. The summed E-state index contributed by atoms with van der Waals surface area (Å²) in [7, 11) is 0. The van der Waals surface area contributed by atoms with Crippen LogP contribution in [-0.4, -0.2) is 47.2 Å². The number of urea groups is 1. The molecule has 194 valence electrons. The molecule has 3 N–H and O–H groups in total. The summed E-state index contributed by atoms with van der Waals surface area (Å²) in [5, 5.41) is 13.8. The molecule has 0 unspecified atom stereocenters. The number of carbonyl (C=O) groups is 1. The number of hydrogen-bond acceptors (Lipinski definition) is 5. The van der Waals surface area contributed by atoms with Gasteiger partial charge in [0.15, 0.2) is 0 Å². The smallest absolute Gasteiger partial charge is 0.396 e. The molecular weight excluding hydrogens is 487 g/mol. The zero-order valence-electron chi connectivity index (χ0n) is 20.3. The van der Waals surface area contributed by atoms with Gasteiger partial charge in [0.2, 0.25) is 0 Å². The van der Waals surface area contributed by atoms with Crippen LogP contribution in [0.1, 0.15) is 22.3 Å². The number of primary amides is 1. The number of alkyl halides is 3. The van der Waals surface area contributed by atoms with E-state index in [-0.39, 0.29) is 24.8 Å². The molecule has 2 aliphatic heterocycles. The Morgan fingerprint density at radius 3 is 2.41 bits per heavy atom. The minimum absolute atomic E-state index is 0.0158. The molecule has 37 heavy (non-hydrogen) atoms. The van der Waals surface area contributed by atoms with E-state index in [1.165, 1.54) is 12.1 Å². The number of fused-ring (bicyclic) bond motifs is 1. The fourth-order valence-electron chi connectivity index (χ4n) is 5.15. The number of amides is 2. The maximum atomic E-state index is 14.1. The first-order chi connectivity index (χ1) is 17.5. The molecule has 2 aliphatic rings. The van der Waals surface area contributed by atoms with Gasteiger partial charge in [-0.15, -0.1) is 0 Å². The van der Waals surface area contributed by atoms with Gasteiger partial charge in [-0.3, -0.25) is 9.69 Å². The number of aliphatic hydroxyl groups excluding tert-OH is 1. The average molecular weight is 514 g/mol. The third-order valence-corrected chi connectivity index (χ3v) is 6.88. The Kier molecular flexibility index (Phi) is 5.98. The molecule has 1 aromatic heterocycles. The second kappa shape index (κ2) is 8.91. The molecular formula is C26H26F3N5O3.